The summed E-state index contributed by atoms with van der Waals surface area (Å²) < 4.78 is 13.3. The predicted molar refractivity (Wildman–Crippen MR) is 51.0 cm³/mol. The van der Waals surface area contributed by atoms with E-state index in [0.29, 0.717) is 12.0 Å². The third-order valence-corrected chi connectivity index (χ3v) is 2.08. The number of hydrogen-bond acceptors (Lipinski definition) is 1. The summed E-state index contributed by atoms with van der Waals surface area (Å²) in [7, 11) is 0. The van der Waals surface area contributed by atoms with E-state index in [1.165, 1.54) is 6.07 Å². The van der Waals surface area contributed by atoms with Crippen LogP contribution in [0.1, 0.15) is 37.0 Å². The Morgan fingerprint density at radius 3 is 2.69 bits per heavy atom. The van der Waals surface area contributed by atoms with Crippen molar-refractivity contribution >= 4 is 0 Å². The van der Waals surface area contributed by atoms with E-state index in [0.717, 1.165) is 12.0 Å². The molecule has 2 heteroatoms. The van der Waals surface area contributed by atoms with Crippen molar-refractivity contribution in [3.05, 3.63) is 35.1 Å². The maximum atomic E-state index is 13.3. The fourth-order valence-electron chi connectivity index (χ4n) is 1.33. The van der Waals surface area contributed by atoms with Crippen LogP contribution in [0.5, 0.6) is 0 Å². The molecule has 72 valence electrons. The van der Waals surface area contributed by atoms with Crippen molar-refractivity contribution in [2.45, 2.75) is 32.8 Å². The molecule has 0 bridgehead atoms. The largest absolute Gasteiger partial charge is 0.388 e. The van der Waals surface area contributed by atoms with Crippen molar-refractivity contribution < 1.29 is 9.50 Å². The molecule has 1 aromatic carbocycles. The molecule has 0 aliphatic rings. The molecule has 0 radical (unpaired) electrons. The maximum absolute atomic E-state index is 13.3. The lowest BCUT2D eigenvalue weighted by Gasteiger charge is -2.10. The van der Waals surface area contributed by atoms with Gasteiger partial charge < -0.3 is 5.11 Å². The van der Waals surface area contributed by atoms with Crippen LogP contribution in [0.25, 0.3) is 0 Å². The first-order valence-electron chi connectivity index (χ1n) is 4.59. The summed E-state index contributed by atoms with van der Waals surface area (Å²) in [6.45, 7) is 3.80. The third-order valence-electron chi connectivity index (χ3n) is 2.08. The van der Waals surface area contributed by atoms with Gasteiger partial charge in [0.15, 0.2) is 0 Å². The summed E-state index contributed by atoms with van der Waals surface area (Å²) in [6, 6.07) is 4.93. The quantitative estimate of drug-likeness (QED) is 0.762. The van der Waals surface area contributed by atoms with Gasteiger partial charge in [0.25, 0.3) is 0 Å². The van der Waals surface area contributed by atoms with Crippen LogP contribution in [0.15, 0.2) is 18.2 Å². The lowest BCUT2D eigenvalue weighted by Crippen LogP contribution is -2.00. The number of aliphatic hydroxyl groups is 1. The Morgan fingerprint density at radius 1 is 1.46 bits per heavy atom. The average Bonchev–Trinajstić information content (AvgIpc) is 2.04. The smallest absolute Gasteiger partial charge is 0.129 e. The first kappa shape index (κ1) is 10.2. The Morgan fingerprint density at radius 2 is 2.15 bits per heavy atom. The molecule has 13 heavy (non-hydrogen) atoms. The van der Waals surface area contributed by atoms with Gasteiger partial charge >= 0.3 is 0 Å². The Kier molecular flexibility index (Phi) is 3.43. The summed E-state index contributed by atoms with van der Waals surface area (Å²) >= 11 is 0. The van der Waals surface area contributed by atoms with E-state index in [1.807, 2.05) is 19.9 Å². The number of benzene rings is 1. The molecule has 0 aliphatic carbocycles. The van der Waals surface area contributed by atoms with Crippen molar-refractivity contribution in [1.29, 1.82) is 0 Å². The molecule has 0 unspecified atom stereocenters. The molecule has 0 amide bonds. The monoisotopic (exact) mass is 182 g/mol. The summed E-state index contributed by atoms with van der Waals surface area (Å²) in [5, 5.41) is 9.55. The normalized spacial score (nSPS) is 12.9. The van der Waals surface area contributed by atoms with Crippen LogP contribution in [0.3, 0.4) is 0 Å². The highest BCUT2D eigenvalue weighted by molar-refractivity contribution is 5.25. The predicted octanol–water partition coefficient (Wildman–Crippen LogP) is 2.97. The summed E-state index contributed by atoms with van der Waals surface area (Å²) in [5.41, 5.74) is 1.29. The van der Waals surface area contributed by atoms with Gasteiger partial charge in [-0.05, 0) is 25.0 Å². The van der Waals surface area contributed by atoms with Crippen molar-refractivity contribution in [2.24, 2.45) is 0 Å². The highest BCUT2D eigenvalue weighted by atomic mass is 19.1. The second-order valence-corrected chi connectivity index (χ2v) is 3.33. The van der Waals surface area contributed by atoms with Crippen LogP contribution >= 0.6 is 0 Å². The van der Waals surface area contributed by atoms with Crippen LogP contribution < -0.4 is 0 Å². The Labute approximate surface area is 78.2 Å². The minimum absolute atomic E-state index is 0.305. The summed E-state index contributed by atoms with van der Waals surface area (Å²) in [4.78, 5) is 0. The molecule has 0 fully saturated rings. The zero-order valence-electron chi connectivity index (χ0n) is 8.05. The molecule has 0 aromatic heterocycles. The molecular weight excluding hydrogens is 167 g/mol. The minimum atomic E-state index is -0.661. The maximum Gasteiger partial charge on any atom is 0.129 e. The van der Waals surface area contributed by atoms with Crippen molar-refractivity contribution in [3.8, 4) is 0 Å². The van der Waals surface area contributed by atoms with E-state index in [1.54, 1.807) is 6.07 Å². The number of halogens is 1. The zero-order valence-corrected chi connectivity index (χ0v) is 8.05. The minimum Gasteiger partial charge on any atom is -0.388 e. The molecule has 1 aromatic rings. The Hall–Kier alpha value is -0.890. The van der Waals surface area contributed by atoms with Gasteiger partial charge in [0.1, 0.15) is 5.82 Å². The van der Waals surface area contributed by atoms with Gasteiger partial charge in [0.2, 0.25) is 0 Å². The van der Waals surface area contributed by atoms with Crippen LogP contribution in [-0.4, -0.2) is 5.11 Å². The molecule has 0 spiro atoms. The molecule has 0 saturated carbocycles. The summed E-state index contributed by atoms with van der Waals surface area (Å²) in [6.07, 6.45) is 0.805. The lowest BCUT2D eigenvalue weighted by molar-refractivity contribution is 0.162. The highest BCUT2D eigenvalue weighted by Crippen LogP contribution is 2.21. The zero-order chi connectivity index (χ0) is 9.84. The molecular formula is C11H15FO. The number of rotatable bonds is 3. The van der Waals surface area contributed by atoms with E-state index in [4.69, 9.17) is 0 Å². The van der Waals surface area contributed by atoms with Crippen molar-refractivity contribution in [2.75, 3.05) is 0 Å². The highest BCUT2D eigenvalue weighted by Gasteiger charge is 2.10. The van der Waals surface area contributed by atoms with Gasteiger partial charge in [-0.1, -0.05) is 25.5 Å². The fourth-order valence-corrected chi connectivity index (χ4v) is 1.33. The fraction of sp³-hybridized carbons (Fsp3) is 0.455. The van der Waals surface area contributed by atoms with E-state index in [-0.39, 0.29) is 5.82 Å². The van der Waals surface area contributed by atoms with E-state index in [9.17, 15) is 9.50 Å². The summed E-state index contributed by atoms with van der Waals surface area (Å²) in [5.74, 6) is -0.305. The van der Waals surface area contributed by atoms with E-state index in [2.05, 4.69) is 0 Å². The van der Waals surface area contributed by atoms with Crippen LogP contribution in [0.2, 0.25) is 0 Å². The van der Waals surface area contributed by atoms with Crippen LogP contribution in [-0.2, 0) is 0 Å². The van der Waals surface area contributed by atoms with Crippen LogP contribution in [0.4, 0.5) is 4.39 Å². The first-order valence-corrected chi connectivity index (χ1v) is 4.59. The van der Waals surface area contributed by atoms with Crippen LogP contribution in [0, 0.1) is 12.7 Å². The Bertz CT molecular complexity index is 283. The number of hydrogen-bond donors (Lipinski definition) is 1. The molecule has 1 atom stereocenters. The van der Waals surface area contributed by atoms with Gasteiger partial charge in [0, 0.05) is 5.56 Å². The van der Waals surface area contributed by atoms with Crippen molar-refractivity contribution in [1.82, 2.24) is 0 Å². The molecule has 0 aliphatic heterocycles. The number of aryl methyl sites for hydroxylation is 1. The first-order chi connectivity index (χ1) is 6.15. The third kappa shape index (κ3) is 2.52. The van der Waals surface area contributed by atoms with Gasteiger partial charge in [-0.3, -0.25) is 0 Å². The SMILES string of the molecule is CCC[C@@H](O)c1ccc(C)cc1F. The lowest BCUT2D eigenvalue weighted by atomic mass is 10.0. The molecule has 1 rings (SSSR count). The van der Waals surface area contributed by atoms with Gasteiger partial charge in [0.05, 0.1) is 6.10 Å². The molecule has 1 nitrogen and oxygen atoms in total. The van der Waals surface area contributed by atoms with Crippen molar-refractivity contribution in [3.63, 3.8) is 0 Å². The Balaban J connectivity index is 2.88. The van der Waals surface area contributed by atoms with Gasteiger partial charge in [-0.25, -0.2) is 4.39 Å². The van der Waals surface area contributed by atoms with E-state index < -0.39 is 6.10 Å². The van der Waals surface area contributed by atoms with E-state index >= 15 is 0 Å². The number of aliphatic hydroxyl groups excluding tert-OH is 1. The molecule has 0 saturated heterocycles. The second-order valence-electron chi connectivity index (χ2n) is 3.33. The second kappa shape index (κ2) is 4.38. The molecule has 1 N–H and O–H groups in total. The van der Waals surface area contributed by atoms with Gasteiger partial charge in [-0.15, -0.1) is 0 Å². The standard InChI is InChI=1S/C11H15FO/c1-3-4-11(13)9-6-5-8(2)7-10(9)12/h5-7,11,13H,3-4H2,1-2H3/t11-/m1/s1. The topological polar surface area (TPSA) is 20.2 Å². The average molecular weight is 182 g/mol. The van der Waals surface area contributed by atoms with Gasteiger partial charge in [-0.2, -0.15) is 0 Å². The molecule has 0 heterocycles.